The first-order valence-electron chi connectivity index (χ1n) is 4.25. The molecule has 0 aliphatic heterocycles. The fourth-order valence-electron chi connectivity index (χ4n) is 0.891. The van der Waals surface area contributed by atoms with E-state index in [-0.39, 0.29) is 5.91 Å². The molecule has 1 rings (SSSR count). The summed E-state index contributed by atoms with van der Waals surface area (Å²) in [6, 6.07) is 0. The van der Waals surface area contributed by atoms with Crippen molar-refractivity contribution >= 4 is 39.3 Å². The highest BCUT2D eigenvalue weighted by Gasteiger charge is 2.06. The predicted octanol–water partition coefficient (Wildman–Crippen LogP) is 1.44. The first-order valence-corrected chi connectivity index (χ1v) is 5.42. The van der Waals surface area contributed by atoms with Gasteiger partial charge in [-0.05, 0) is 15.9 Å². The Morgan fingerprint density at radius 1 is 1.60 bits per heavy atom. The highest BCUT2D eigenvalue weighted by molar-refractivity contribution is 9.10. The molecule has 0 bridgehead atoms. The van der Waals surface area contributed by atoms with Crippen LogP contribution in [-0.2, 0) is 4.79 Å². The number of rotatable bonds is 4. The monoisotopic (exact) mass is 292 g/mol. The van der Waals surface area contributed by atoms with Gasteiger partial charge in [-0.3, -0.25) is 4.79 Å². The van der Waals surface area contributed by atoms with Gasteiger partial charge >= 0.3 is 0 Å². The average Bonchev–Trinajstić information content (AvgIpc) is 2.24. The standard InChI is InChI=1S/C8H10BrClN4O/c1-11-5(15)2-3-12-8-6(9)7(10)13-4-14-8/h4H,2-3H2,1H3,(H,11,15)(H,12,13,14). The number of halogens is 2. The SMILES string of the molecule is CNC(=O)CCNc1ncnc(Cl)c1Br. The van der Waals surface area contributed by atoms with Crippen molar-refractivity contribution < 1.29 is 4.79 Å². The Labute approximate surface area is 101 Å². The fraction of sp³-hybridized carbons (Fsp3) is 0.375. The fourth-order valence-corrected chi connectivity index (χ4v) is 1.37. The Morgan fingerprint density at radius 2 is 2.33 bits per heavy atom. The third-order valence-electron chi connectivity index (χ3n) is 1.67. The molecule has 82 valence electrons. The zero-order valence-corrected chi connectivity index (χ0v) is 10.4. The Bertz CT molecular complexity index is 360. The topological polar surface area (TPSA) is 66.9 Å². The minimum atomic E-state index is -0.0289. The molecule has 5 nitrogen and oxygen atoms in total. The van der Waals surface area contributed by atoms with E-state index in [4.69, 9.17) is 11.6 Å². The molecule has 0 fully saturated rings. The molecule has 0 atom stereocenters. The summed E-state index contributed by atoms with van der Waals surface area (Å²) in [4.78, 5) is 18.7. The molecule has 0 saturated carbocycles. The highest BCUT2D eigenvalue weighted by atomic mass is 79.9. The molecule has 1 aromatic heterocycles. The molecule has 1 aromatic rings. The van der Waals surface area contributed by atoms with Crippen LogP contribution in [0.4, 0.5) is 5.82 Å². The summed E-state index contributed by atoms with van der Waals surface area (Å²) in [5, 5.41) is 5.84. The van der Waals surface area contributed by atoms with Crippen LogP contribution in [0, 0.1) is 0 Å². The number of carbonyl (C=O) groups excluding carboxylic acids is 1. The smallest absolute Gasteiger partial charge is 0.221 e. The molecule has 0 aliphatic carbocycles. The maximum absolute atomic E-state index is 10.9. The van der Waals surface area contributed by atoms with E-state index in [1.54, 1.807) is 7.05 Å². The summed E-state index contributed by atoms with van der Waals surface area (Å²) in [5.74, 6) is 0.553. The summed E-state index contributed by atoms with van der Waals surface area (Å²) in [6.07, 6.45) is 1.74. The van der Waals surface area contributed by atoms with E-state index >= 15 is 0 Å². The number of hydrogen-bond donors (Lipinski definition) is 2. The lowest BCUT2D eigenvalue weighted by molar-refractivity contribution is -0.120. The van der Waals surface area contributed by atoms with Gasteiger partial charge in [0.15, 0.2) is 0 Å². The van der Waals surface area contributed by atoms with Gasteiger partial charge < -0.3 is 10.6 Å². The number of carbonyl (C=O) groups is 1. The summed E-state index contributed by atoms with van der Waals surface area (Å²) < 4.78 is 0.601. The Hall–Kier alpha value is -0.880. The summed E-state index contributed by atoms with van der Waals surface area (Å²) in [5.41, 5.74) is 0. The van der Waals surface area contributed by atoms with Crippen molar-refractivity contribution in [3.63, 3.8) is 0 Å². The molecular weight excluding hydrogens is 283 g/mol. The molecule has 2 N–H and O–H groups in total. The Morgan fingerprint density at radius 3 is 3.00 bits per heavy atom. The molecular formula is C8H10BrClN4O. The number of hydrogen-bond acceptors (Lipinski definition) is 4. The number of anilines is 1. The van der Waals surface area contributed by atoms with Gasteiger partial charge in [0.05, 0.1) is 4.47 Å². The van der Waals surface area contributed by atoms with E-state index in [1.165, 1.54) is 6.33 Å². The first kappa shape index (κ1) is 12.2. The maximum atomic E-state index is 10.9. The van der Waals surface area contributed by atoms with E-state index in [0.29, 0.717) is 28.4 Å². The van der Waals surface area contributed by atoms with Crippen LogP contribution < -0.4 is 10.6 Å². The van der Waals surface area contributed by atoms with E-state index in [1.807, 2.05) is 0 Å². The van der Waals surface area contributed by atoms with Crippen LogP contribution in [0.2, 0.25) is 5.15 Å². The average molecular weight is 294 g/mol. The molecule has 0 aromatic carbocycles. The van der Waals surface area contributed by atoms with Crippen LogP contribution in [0.15, 0.2) is 10.8 Å². The van der Waals surface area contributed by atoms with Crippen molar-refractivity contribution in [1.29, 1.82) is 0 Å². The van der Waals surface area contributed by atoms with Gasteiger partial charge in [-0.2, -0.15) is 0 Å². The van der Waals surface area contributed by atoms with Crippen molar-refractivity contribution in [3.05, 3.63) is 16.0 Å². The Kier molecular flexibility index (Phi) is 4.77. The van der Waals surface area contributed by atoms with Crippen molar-refractivity contribution in [3.8, 4) is 0 Å². The van der Waals surface area contributed by atoms with Gasteiger partial charge in [-0.25, -0.2) is 9.97 Å². The van der Waals surface area contributed by atoms with E-state index in [9.17, 15) is 4.79 Å². The van der Waals surface area contributed by atoms with E-state index in [0.717, 1.165) is 0 Å². The molecule has 0 unspecified atom stereocenters. The second-order valence-corrected chi connectivity index (χ2v) is 3.83. The van der Waals surface area contributed by atoms with Crippen LogP contribution in [-0.4, -0.2) is 29.5 Å². The lowest BCUT2D eigenvalue weighted by Crippen LogP contribution is -2.21. The summed E-state index contributed by atoms with van der Waals surface area (Å²) in [7, 11) is 1.60. The van der Waals surface area contributed by atoms with Crippen LogP contribution in [0.5, 0.6) is 0 Å². The number of nitrogens with one attached hydrogen (secondary N) is 2. The molecule has 1 heterocycles. The molecule has 1 amide bonds. The van der Waals surface area contributed by atoms with Gasteiger partial charge in [-0.15, -0.1) is 0 Å². The zero-order chi connectivity index (χ0) is 11.3. The second-order valence-electron chi connectivity index (χ2n) is 2.68. The van der Waals surface area contributed by atoms with Crippen molar-refractivity contribution in [2.45, 2.75) is 6.42 Å². The van der Waals surface area contributed by atoms with E-state index < -0.39 is 0 Å². The highest BCUT2D eigenvalue weighted by Crippen LogP contribution is 2.25. The summed E-state index contributed by atoms with van der Waals surface area (Å²) in [6.45, 7) is 0.492. The van der Waals surface area contributed by atoms with Crippen LogP contribution in [0.3, 0.4) is 0 Å². The maximum Gasteiger partial charge on any atom is 0.221 e. The second kappa shape index (κ2) is 5.87. The van der Waals surface area contributed by atoms with Gasteiger partial charge in [-0.1, -0.05) is 11.6 Å². The predicted molar refractivity (Wildman–Crippen MR) is 61.9 cm³/mol. The van der Waals surface area contributed by atoms with E-state index in [2.05, 4.69) is 36.5 Å². The molecule has 0 spiro atoms. The molecule has 15 heavy (non-hydrogen) atoms. The zero-order valence-electron chi connectivity index (χ0n) is 8.05. The normalized spacial score (nSPS) is 9.80. The molecule has 0 aliphatic rings. The largest absolute Gasteiger partial charge is 0.368 e. The minimum absolute atomic E-state index is 0.0289. The third-order valence-corrected chi connectivity index (χ3v) is 2.94. The van der Waals surface area contributed by atoms with Crippen LogP contribution in [0.1, 0.15) is 6.42 Å². The third kappa shape index (κ3) is 3.64. The van der Waals surface area contributed by atoms with Gasteiger partial charge in [0.2, 0.25) is 5.91 Å². The number of nitrogens with zero attached hydrogens (tertiary/aromatic N) is 2. The lowest BCUT2D eigenvalue weighted by atomic mass is 10.4. The van der Waals surface area contributed by atoms with Gasteiger partial charge in [0.1, 0.15) is 17.3 Å². The van der Waals surface area contributed by atoms with Gasteiger partial charge in [0, 0.05) is 20.0 Å². The molecule has 0 saturated heterocycles. The lowest BCUT2D eigenvalue weighted by Gasteiger charge is -2.06. The minimum Gasteiger partial charge on any atom is -0.368 e. The van der Waals surface area contributed by atoms with Crippen molar-refractivity contribution in [2.24, 2.45) is 0 Å². The number of amides is 1. The molecule has 7 heteroatoms. The van der Waals surface area contributed by atoms with Crippen molar-refractivity contribution in [2.75, 3.05) is 18.9 Å². The first-order chi connectivity index (χ1) is 7.15. The van der Waals surface area contributed by atoms with Gasteiger partial charge in [0.25, 0.3) is 0 Å². The summed E-state index contributed by atoms with van der Waals surface area (Å²) >= 11 is 9.01. The van der Waals surface area contributed by atoms with Crippen LogP contribution in [0.25, 0.3) is 0 Å². The van der Waals surface area contributed by atoms with Crippen molar-refractivity contribution in [1.82, 2.24) is 15.3 Å². The number of aromatic nitrogens is 2. The Balaban J connectivity index is 2.51. The quantitative estimate of drug-likeness (QED) is 0.825. The molecule has 0 radical (unpaired) electrons. The van der Waals surface area contributed by atoms with Crippen LogP contribution >= 0.6 is 27.5 Å².